The molecule has 3 aromatic rings. The molecule has 4 nitrogen and oxygen atoms in total. The standard InChI is InChI=1S/C25H25FN2O2/c26-22-9-11-23(12-10-22)28-14-13-20(17-28)16-27-25(29)21-7-4-8-24(15-21)30-18-19-5-2-1-3-6-19/h1-12,15,20H,13-14,16-18H2,(H,27,29). The van der Waals surface area contributed by atoms with Crippen molar-refractivity contribution in [1.82, 2.24) is 5.32 Å². The molecule has 1 unspecified atom stereocenters. The molecule has 1 aliphatic heterocycles. The first-order valence-corrected chi connectivity index (χ1v) is 10.2. The Bertz CT molecular complexity index is 976. The summed E-state index contributed by atoms with van der Waals surface area (Å²) in [6.45, 7) is 2.85. The van der Waals surface area contributed by atoms with E-state index in [1.54, 1.807) is 24.3 Å². The number of hydrogen-bond acceptors (Lipinski definition) is 3. The van der Waals surface area contributed by atoms with Crippen LogP contribution < -0.4 is 15.0 Å². The number of nitrogens with one attached hydrogen (secondary N) is 1. The lowest BCUT2D eigenvalue weighted by Crippen LogP contribution is -2.31. The zero-order valence-corrected chi connectivity index (χ0v) is 16.8. The lowest BCUT2D eigenvalue weighted by Gasteiger charge is -2.19. The summed E-state index contributed by atoms with van der Waals surface area (Å²) >= 11 is 0. The fourth-order valence-corrected chi connectivity index (χ4v) is 3.69. The number of amides is 1. The van der Waals surface area contributed by atoms with Crippen LogP contribution in [-0.2, 0) is 6.61 Å². The van der Waals surface area contributed by atoms with Gasteiger partial charge in [-0.2, -0.15) is 0 Å². The quantitative estimate of drug-likeness (QED) is 0.623. The molecule has 1 N–H and O–H groups in total. The summed E-state index contributed by atoms with van der Waals surface area (Å²) in [5, 5.41) is 3.04. The summed E-state index contributed by atoms with van der Waals surface area (Å²) in [5.74, 6) is 0.725. The van der Waals surface area contributed by atoms with E-state index < -0.39 is 0 Å². The predicted octanol–water partition coefficient (Wildman–Crippen LogP) is 4.66. The molecule has 30 heavy (non-hydrogen) atoms. The Labute approximate surface area is 176 Å². The average molecular weight is 404 g/mol. The van der Waals surface area contributed by atoms with Crippen LogP contribution in [0.15, 0.2) is 78.9 Å². The van der Waals surface area contributed by atoms with E-state index in [1.165, 1.54) is 12.1 Å². The summed E-state index contributed by atoms with van der Waals surface area (Å²) in [5.41, 5.74) is 2.70. The molecule has 0 saturated carbocycles. The second-order valence-corrected chi connectivity index (χ2v) is 7.59. The van der Waals surface area contributed by atoms with Crippen LogP contribution in [0.1, 0.15) is 22.3 Å². The van der Waals surface area contributed by atoms with Gasteiger partial charge in [0.1, 0.15) is 18.2 Å². The minimum Gasteiger partial charge on any atom is -0.489 e. The summed E-state index contributed by atoms with van der Waals surface area (Å²) in [6.07, 6.45) is 0.998. The highest BCUT2D eigenvalue weighted by molar-refractivity contribution is 5.94. The maximum Gasteiger partial charge on any atom is 0.251 e. The molecule has 1 aliphatic rings. The second kappa shape index (κ2) is 9.44. The smallest absolute Gasteiger partial charge is 0.251 e. The highest BCUT2D eigenvalue weighted by Crippen LogP contribution is 2.24. The molecular formula is C25H25FN2O2. The van der Waals surface area contributed by atoms with Gasteiger partial charge in [-0.05, 0) is 60.4 Å². The Morgan fingerprint density at radius 3 is 2.63 bits per heavy atom. The third kappa shape index (κ3) is 5.17. The number of rotatable bonds is 7. The molecule has 0 radical (unpaired) electrons. The van der Waals surface area contributed by atoms with E-state index in [-0.39, 0.29) is 11.7 Å². The molecular weight excluding hydrogens is 379 g/mol. The van der Waals surface area contributed by atoms with Crippen LogP contribution in [0.4, 0.5) is 10.1 Å². The molecule has 5 heteroatoms. The molecule has 3 aromatic carbocycles. The zero-order valence-electron chi connectivity index (χ0n) is 16.8. The Morgan fingerprint density at radius 1 is 1.03 bits per heavy atom. The van der Waals surface area contributed by atoms with Crippen LogP contribution in [-0.4, -0.2) is 25.5 Å². The number of ether oxygens (including phenoxy) is 1. The normalized spacial score (nSPS) is 15.8. The van der Waals surface area contributed by atoms with Crippen molar-refractivity contribution in [1.29, 1.82) is 0 Å². The topological polar surface area (TPSA) is 41.6 Å². The van der Waals surface area contributed by atoms with Gasteiger partial charge < -0.3 is 15.0 Å². The Hall–Kier alpha value is -3.34. The Morgan fingerprint density at radius 2 is 1.83 bits per heavy atom. The third-order valence-corrected chi connectivity index (χ3v) is 5.37. The van der Waals surface area contributed by atoms with Crippen molar-refractivity contribution in [2.45, 2.75) is 13.0 Å². The van der Waals surface area contributed by atoms with Crippen LogP contribution in [0.25, 0.3) is 0 Å². The molecule has 1 fully saturated rings. The van der Waals surface area contributed by atoms with E-state index in [0.717, 1.165) is 30.8 Å². The van der Waals surface area contributed by atoms with Crippen molar-refractivity contribution in [3.63, 3.8) is 0 Å². The lowest BCUT2D eigenvalue weighted by molar-refractivity contribution is 0.0947. The molecule has 1 amide bonds. The first-order chi connectivity index (χ1) is 14.7. The van der Waals surface area contributed by atoms with Crippen molar-refractivity contribution in [2.24, 2.45) is 5.92 Å². The molecule has 0 aromatic heterocycles. The van der Waals surface area contributed by atoms with E-state index in [0.29, 0.717) is 30.4 Å². The Balaban J connectivity index is 1.27. The fraction of sp³-hybridized carbons (Fsp3) is 0.240. The van der Waals surface area contributed by atoms with Crippen LogP contribution in [0.2, 0.25) is 0 Å². The van der Waals surface area contributed by atoms with E-state index in [1.807, 2.05) is 42.5 Å². The monoisotopic (exact) mass is 404 g/mol. The first-order valence-electron chi connectivity index (χ1n) is 10.2. The minimum absolute atomic E-state index is 0.0969. The number of carbonyl (C=O) groups excluding carboxylic acids is 1. The molecule has 1 heterocycles. The molecule has 0 spiro atoms. The lowest BCUT2D eigenvalue weighted by atomic mass is 10.1. The predicted molar refractivity (Wildman–Crippen MR) is 116 cm³/mol. The van der Waals surface area contributed by atoms with E-state index in [9.17, 15) is 9.18 Å². The molecule has 154 valence electrons. The van der Waals surface area contributed by atoms with Crippen LogP contribution >= 0.6 is 0 Å². The number of nitrogens with zero attached hydrogens (tertiary/aromatic N) is 1. The van der Waals surface area contributed by atoms with Gasteiger partial charge in [-0.3, -0.25) is 4.79 Å². The number of anilines is 1. The van der Waals surface area contributed by atoms with Gasteiger partial charge in [-0.25, -0.2) is 4.39 Å². The van der Waals surface area contributed by atoms with Crippen molar-refractivity contribution in [2.75, 3.05) is 24.5 Å². The summed E-state index contributed by atoms with van der Waals surface area (Å²) in [6, 6.07) is 23.8. The van der Waals surface area contributed by atoms with E-state index >= 15 is 0 Å². The van der Waals surface area contributed by atoms with E-state index in [2.05, 4.69) is 10.2 Å². The third-order valence-electron chi connectivity index (χ3n) is 5.37. The van der Waals surface area contributed by atoms with Gasteiger partial charge in [0.25, 0.3) is 5.91 Å². The molecule has 1 saturated heterocycles. The van der Waals surface area contributed by atoms with Gasteiger partial charge in [-0.1, -0.05) is 36.4 Å². The van der Waals surface area contributed by atoms with Crippen molar-refractivity contribution >= 4 is 11.6 Å². The minimum atomic E-state index is -0.225. The van der Waals surface area contributed by atoms with Gasteiger partial charge in [0, 0.05) is 30.9 Å². The van der Waals surface area contributed by atoms with Gasteiger partial charge in [0.2, 0.25) is 0 Å². The largest absolute Gasteiger partial charge is 0.489 e. The molecule has 0 aliphatic carbocycles. The maximum atomic E-state index is 13.1. The number of benzene rings is 3. The highest BCUT2D eigenvalue weighted by Gasteiger charge is 2.23. The molecule has 0 bridgehead atoms. The SMILES string of the molecule is O=C(NCC1CCN(c2ccc(F)cc2)C1)c1cccc(OCc2ccccc2)c1. The fourth-order valence-electron chi connectivity index (χ4n) is 3.69. The van der Waals surface area contributed by atoms with Crippen LogP contribution in [0.5, 0.6) is 5.75 Å². The molecule has 4 rings (SSSR count). The first kappa shape index (κ1) is 20.0. The van der Waals surface area contributed by atoms with E-state index in [4.69, 9.17) is 4.74 Å². The van der Waals surface area contributed by atoms with Gasteiger partial charge in [0.05, 0.1) is 0 Å². The van der Waals surface area contributed by atoms with Crippen LogP contribution in [0.3, 0.4) is 0 Å². The van der Waals surface area contributed by atoms with Crippen molar-refractivity contribution < 1.29 is 13.9 Å². The highest BCUT2D eigenvalue weighted by atomic mass is 19.1. The molecule has 1 atom stereocenters. The summed E-state index contributed by atoms with van der Waals surface area (Å²) < 4.78 is 18.9. The van der Waals surface area contributed by atoms with Gasteiger partial charge >= 0.3 is 0 Å². The van der Waals surface area contributed by atoms with Crippen LogP contribution in [0, 0.1) is 11.7 Å². The van der Waals surface area contributed by atoms with Crippen molar-refractivity contribution in [3.8, 4) is 5.75 Å². The Kier molecular flexibility index (Phi) is 6.28. The maximum absolute atomic E-state index is 13.1. The van der Waals surface area contributed by atoms with Gasteiger partial charge in [-0.15, -0.1) is 0 Å². The van der Waals surface area contributed by atoms with Crippen molar-refractivity contribution in [3.05, 3.63) is 95.8 Å². The number of halogens is 1. The second-order valence-electron chi connectivity index (χ2n) is 7.59. The summed E-state index contributed by atoms with van der Waals surface area (Å²) in [7, 11) is 0. The average Bonchev–Trinajstić information content (AvgIpc) is 3.26. The van der Waals surface area contributed by atoms with Gasteiger partial charge in [0.15, 0.2) is 0 Å². The number of carbonyl (C=O) groups is 1. The zero-order chi connectivity index (χ0) is 20.8. The number of hydrogen-bond donors (Lipinski definition) is 1. The summed E-state index contributed by atoms with van der Waals surface area (Å²) in [4.78, 5) is 14.8.